The van der Waals surface area contributed by atoms with Crippen LogP contribution in [-0.2, 0) is 82.2 Å². The number of benzene rings is 3. The summed E-state index contributed by atoms with van der Waals surface area (Å²) in [5, 5.41) is 30.2. The molecule has 10 rings (SSSR count). The van der Waals surface area contributed by atoms with Crippen molar-refractivity contribution in [3.05, 3.63) is 113 Å². The van der Waals surface area contributed by atoms with E-state index in [1.54, 1.807) is 45.7 Å². The van der Waals surface area contributed by atoms with E-state index >= 15 is 19.2 Å². The van der Waals surface area contributed by atoms with Crippen LogP contribution in [0, 0.1) is 17.7 Å². The molecule has 9 atom stereocenters. The van der Waals surface area contributed by atoms with Gasteiger partial charge in [0.25, 0.3) is 5.91 Å². The second-order valence-corrected chi connectivity index (χ2v) is 33.0. The number of amides is 9. The van der Waals surface area contributed by atoms with Crippen molar-refractivity contribution in [3.63, 3.8) is 0 Å². The molecule has 0 spiro atoms. The highest BCUT2D eigenvalue weighted by Crippen LogP contribution is 2.33. The van der Waals surface area contributed by atoms with E-state index in [4.69, 9.17) is 24.5 Å². The van der Waals surface area contributed by atoms with Crippen LogP contribution in [0.25, 0.3) is 11.3 Å². The van der Waals surface area contributed by atoms with Gasteiger partial charge in [-0.2, -0.15) is 0 Å². The summed E-state index contributed by atoms with van der Waals surface area (Å²) in [7, 11) is 6.99. The van der Waals surface area contributed by atoms with Crippen LogP contribution in [0.15, 0.2) is 79.0 Å². The van der Waals surface area contributed by atoms with Crippen molar-refractivity contribution >= 4 is 53.4 Å². The number of likely N-dealkylation sites (N-methyl/N-ethyl adjacent to an activating group) is 3. The standard InChI is InChI=1S/C83H119FN16O12/c1-54(2)44-63-78(105)97-41-27-30-66(97)80(107)94(10)67(46-56-28-21-20-22-29-56)75(102)85-38-24-17-13-15-19-26-42-100-72(65(90-92-100)53-111-70-37-43-98(73(70)77(104)88-63)82(109)112-83(5,6)7)58-33-31-57(32-34-58)47-68-76(103)86-39-23-16-12-14-18-25-40-96-50-60(89-91-96)52-110-71-48-59(84)35-36-62(71)74(101)87-64(45-55(3)4)79(106)99-51-61(93(8)9)49-69(99)81(108)95(68)11/h20-22,28-29,31-36,48,50,54-55,61,63-64,66-70,73H,12-19,23-27,30,37-47,49,51-53H2,1-11H3,(H,85,102)(H,86,103)(H,87,101)(H,88,104)/t61?,63-,64-,66-,67+,68+,69-,70-,73+/m1/s1. The molecule has 5 aliphatic rings. The molecule has 2 aromatic heterocycles. The molecule has 3 saturated heterocycles. The third kappa shape index (κ3) is 22.7. The van der Waals surface area contributed by atoms with Crippen LogP contribution in [0.5, 0.6) is 5.75 Å². The highest BCUT2D eigenvalue weighted by Gasteiger charge is 2.49. The van der Waals surface area contributed by atoms with Gasteiger partial charge in [-0.3, -0.25) is 47.9 Å². The number of rotatable bonds is 10. The molecule has 112 heavy (non-hydrogen) atoms. The lowest BCUT2D eigenvalue weighted by atomic mass is 9.99. The van der Waals surface area contributed by atoms with Crippen molar-refractivity contribution in [2.24, 2.45) is 11.8 Å². The van der Waals surface area contributed by atoms with Gasteiger partial charge < -0.3 is 60.0 Å². The highest BCUT2D eigenvalue weighted by atomic mass is 19.1. The Morgan fingerprint density at radius 3 is 1.84 bits per heavy atom. The van der Waals surface area contributed by atoms with Crippen molar-refractivity contribution in [1.82, 2.24) is 80.7 Å². The number of fused-ring (bicyclic) bond motifs is 8. The Balaban J connectivity index is 0.935. The molecule has 1 unspecified atom stereocenters. The van der Waals surface area contributed by atoms with Crippen molar-refractivity contribution in [3.8, 4) is 17.0 Å². The van der Waals surface area contributed by atoms with Gasteiger partial charge in [-0.1, -0.05) is 144 Å². The summed E-state index contributed by atoms with van der Waals surface area (Å²) in [6.45, 7) is 15.1. The fraction of sp³-hybridized carbons (Fsp3) is 0.627. The molecule has 5 aromatic rings. The maximum atomic E-state index is 15.5. The van der Waals surface area contributed by atoms with Crippen LogP contribution in [0.4, 0.5) is 9.18 Å². The van der Waals surface area contributed by atoms with Crippen LogP contribution in [0.2, 0.25) is 0 Å². The summed E-state index contributed by atoms with van der Waals surface area (Å²) >= 11 is 0. The first-order chi connectivity index (χ1) is 53.6. The molecule has 5 aliphatic heterocycles. The lowest BCUT2D eigenvalue weighted by Gasteiger charge is -2.35. The number of halogens is 1. The number of likely N-dealkylation sites (tertiary alicyclic amines) is 1. The smallest absolute Gasteiger partial charge is 0.411 e. The first kappa shape index (κ1) is 85.1. The van der Waals surface area contributed by atoms with Gasteiger partial charge in [0.2, 0.25) is 41.4 Å². The summed E-state index contributed by atoms with van der Waals surface area (Å²) in [6, 6.07) is 13.2. The Morgan fingerprint density at radius 1 is 0.625 bits per heavy atom. The van der Waals surface area contributed by atoms with Gasteiger partial charge in [0.05, 0.1) is 30.2 Å². The number of hydrogen-bond acceptors (Lipinski definition) is 17. The summed E-state index contributed by atoms with van der Waals surface area (Å²) in [5.41, 5.74) is 2.97. The number of ether oxygens (including phenoxy) is 3. The lowest BCUT2D eigenvalue weighted by molar-refractivity contribution is -0.148. The second-order valence-electron chi connectivity index (χ2n) is 33.0. The largest absolute Gasteiger partial charge is 0.486 e. The Labute approximate surface area is 658 Å². The van der Waals surface area contributed by atoms with Crippen LogP contribution < -0.4 is 26.0 Å². The first-order valence-corrected chi connectivity index (χ1v) is 40.6. The SMILES string of the molecule is CC(C)C[C@H]1NC(=O)c2ccc(F)cc2OCc2cn(nn2)CCCCCCCCNC(=O)[C@H](Cc2ccc(-c3c4nnn3CCCCCCCCNC(=O)[C@H](Cc3ccccc3)N(C)C(=O)[C@H]3CCCN3C(=O)[C@@H](CC(C)C)NC(=O)[C@@H]3[C@@H](CCN3C(=O)OC(C)(C)C)OC4)cc2)N(C)C(=O)[C@H]2CC(N(C)C)CN2C1=O. The number of hydrogen-bond donors (Lipinski definition) is 4. The number of carbonyl (C=O) groups excluding carboxylic acids is 9. The molecule has 610 valence electrons. The van der Waals surface area contributed by atoms with E-state index in [-0.39, 0.29) is 118 Å². The van der Waals surface area contributed by atoms with Gasteiger partial charge >= 0.3 is 6.09 Å². The number of nitrogens with zero attached hydrogens (tertiary/aromatic N) is 12. The molecule has 3 aromatic carbocycles. The third-order valence-electron chi connectivity index (χ3n) is 22.0. The van der Waals surface area contributed by atoms with E-state index in [2.05, 4.69) is 31.6 Å². The molecule has 0 aliphatic carbocycles. The molecule has 29 heteroatoms. The van der Waals surface area contributed by atoms with Gasteiger partial charge in [-0.05, 0) is 134 Å². The Morgan fingerprint density at radius 2 is 1.21 bits per heavy atom. The minimum Gasteiger partial charge on any atom is -0.486 e. The Kier molecular flexibility index (Phi) is 30.3. The molecule has 7 heterocycles. The molecule has 4 bridgehead atoms. The van der Waals surface area contributed by atoms with Gasteiger partial charge in [0, 0.05) is 90.4 Å². The number of aromatic nitrogens is 6. The number of carbonyl (C=O) groups is 9. The fourth-order valence-corrected chi connectivity index (χ4v) is 15.9. The zero-order chi connectivity index (χ0) is 80.3. The number of aryl methyl sites for hydroxylation is 2. The van der Waals surface area contributed by atoms with E-state index in [9.17, 15) is 28.4 Å². The van der Waals surface area contributed by atoms with Crippen molar-refractivity contribution in [1.29, 1.82) is 0 Å². The molecule has 0 radical (unpaired) electrons. The van der Waals surface area contributed by atoms with Crippen LogP contribution in [0.1, 0.15) is 197 Å². The average Bonchev–Trinajstić information content (AvgIpc) is 1.60. The van der Waals surface area contributed by atoms with E-state index in [1.807, 2.05) is 106 Å². The van der Waals surface area contributed by atoms with E-state index in [1.165, 1.54) is 30.6 Å². The quantitative estimate of drug-likeness (QED) is 0.102. The van der Waals surface area contributed by atoms with E-state index < -0.39 is 95.4 Å². The van der Waals surface area contributed by atoms with Crippen molar-refractivity contribution in [2.45, 2.75) is 263 Å². The molecule has 4 N–H and O–H groups in total. The molecule has 3 fully saturated rings. The summed E-state index contributed by atoms with van der Waals surface area (Å²) in [6.07, 6.45) is 12.4. The van der Waals surface area contributed by atoms with Crippen LogP contribution in [0.3, 0.4) is 0 Å². The Hall–Kier alpha value is -9.38. The lowest BCUT2D eigenvalue weighted by Crippen LogP contribution is -2.59. The van der Waals surface area contributed by atoms with Gasteiger partial charge in [0.1, 0.15) is 77.5 Å². The van der Waals surface area contributed by atoms with Crippen molar-refractivity contribution in [2.75, 3.05) is 60.9 Å². The zero-order valence-corrected chi connectivity index (χ0v) is 67.5. The monoisotopic (exact) mass is 1550 g/mol. The minimum absolute atomic E-state index is 0.00579. The van der Waals surface area contributed by atoms with Gasteiger partial charge in [-0.15, -0.1) is 10.2 Å². The summed E-state index contributed by atoms with van der Waals surface area (Å²) in [4.78, 5) is 143. The summed E-state index contributed by atoms with van der Waals surface area (Å²) < 4.78 is 37.3. The highest BCUT2D eigenvalue weighted by molar-refractivity contribution is 6.01. The average molecular weight is 1550 g/mol. The van der Waals surface area contributed by atoms with Gasteiger partial charge in [-0.25, -0.2) is 13.9 Å². The third-order valence-corrected chi connectivity index (χ3v) is 22.0. The predicted molar refractivity (Wildman–Crippen MR) is 419 cm³/mol. The second kappa shape index (κ2) is 39.9. The molecular formula is C83H119FN16O12. The number of nitrogens with one attached hydrogen (secondary N) is 4. The molecule has 9 amide bonds. The molecule has 0 saturated carbocycles. The maximum absolute atomic E-state index is 15.5. The fourth-order valence-electron chi connectivity index (χ4n) is 15.9. The minimum atomic E-state index is -1.27. The molecular weight excluding hydrogens is 1430 g/mol. The van der Waals surface area contributed by atoms with Crippen LogP contribution >= 0.6 is 0 Å². The van der Waals surface area contributed by atoms with Crippen LogP contribution in [-0.4, -0.2) is 234 Å². The van der Waals surface area contributed by atoms with Gasteiger partial charge in [0.15, 0.2) is 0 Å². The maximum Gasteiger partial charge on any atom is 0.411 e. The van der Waals surface area contributed by atoms with E-state index in [0.717, 1.165) is 93.9 Å². The first-order valence-electron chi connectivity index (χ1n) is 40.6. The van der Waals surface area contributed by atoms with E-state index in [0.29, 0.717) is 68.1 Å². The normalized spacial score (nSPS) is 24.4. The predicted octanol–water partition coefficient (Wildman–Crippen LogP) is 8.43. The van der Waals surface area contributed by atoms with Crippen molar-refractivity contribution < 1.29 is 61.8 Å². The Bertz CT molecular complexity index is 4010. The summed E-state index contributed by atoms with van der Waals surface area (Å²) in [5.74, 6) is -4.57. The zero-order valence-electron chi connectivity index (χ0n) is 67.5. The topological polar surface area (TPSA) is 310 Å². The molecule has 28 nitrogen and oxygen atoms in total.